The standard InChI is InChI=1S/C45H38BN/c1-27-22-29(3)42(30(4)23-27)46(43-31(5)24-28(2)25-32(43)6)36-15-11-14-35(26-36)44-39-20-18-33-12-7-9-16-37(33)41(39)40-21-19-34-13-8-10-17-38(34)45(40)47-44/h7-26H,1-6H3. The smallest absolute Gasteiger partial charge is 0.242 e. The quantitative estimate of drug-likeness (QED) is 0.144. The van der Waals surface area contributed by atoms with E-state index in [1.54, 1.807) is 0 Å². The minimum absolute atomic E-state index is 0.101. The highest BCUT2D eigenvalue weighted by molar-refractivity contribution is 6.96. The van der Waals surface area contributed by atoms with Gasteiger partial charge in [-0.2, -0.15) is 0 Å². The van der Waals surface area contributed by atoms with Crippen LogP contribution in [0, 0.1) is 41.5 Å². The molecule has 0 aliphatic rings. The van der Waals surface area contributed by atoms with Gasteiger partial charge in [-0.05, 0) is 57.7 Å². The van der Waals surface area contributed by atoms with Gasteiger partial charge in [-0.3, -0.25) is 0 Å². The average molecular weight is 604 g/mol. The zero-order valence-corrected chi connectivity index (χ0v) is 28.1. The summed E-state index contributed by atoms with van der Waals surface area (Å²) < 4.78 is 0. The number of rotatable bonds is 4. The topological polar surface area (TPSA) is 12.9 Å². The van der Waals surface area contributed by atoms with Gasteiger partial charge < -0.3 is 0 Å². The molecule has 0 N–H and O–H groups in total. The van der Waals surface area contributed by atoms with Crippen LogP contribution < -0.4 is 16.4 Å². The predicted octanol–water partition coefficient (Wildman–Crippen LogP) is 9.73. The summed E-state index contributed by atoms with van der Waals surface area (Å²) in [5.41, 5.74) is 15.3. The van der Waals surface area contributed by atoms with Crippen LogP contribution in [0.25, 0.3) is 54.5 Å². The largest absolute Gasteiger partial charge is 0.246 e. The molecule has 1 aromatic heterocycles. The molecule has 0 aliphatic heterocycles. The van der Waals surface area contributed by atoms with Crippen molar-refractivity contribution in [3.63, 3.8) is 0 Å². The second-order valence-electron chi connectivity index (χ2n) is 13.5. The van der Waals surface area contributed by atoms with Crippen LogP contribution in [0.1, 0.15) is 33.4 Å². The van der Waals surface area contributed by atoms with Gasteiger partial charge in [0.15, 0.2) is 0 Å². The maximum absolute atomic E-state index is 5.55. The van der Waals surface area contributed by atoms with E-state index < -0.39 is 0 Å². The summed E-state index contributed by atoms with van der Waals surface area (Å²) in [5, 5.41) is 8.56. The van der Waals surface area contributed by atoms with Crippen LogP contribution >= 0.6 is 0 Å². The fourth-order valence-electron chi connectivity index (χ4n) is 8.36. The Bertz CT molecular complexity index is 2440. The molecule has 0 spiro atoms. The van der Waals surface area contributed by atoms with Gasteiger partial charge in [0.1, 0.15) is 0 Å². The molecule has 0 radical (unpaired) electrons. The second-order valence-corrected chi connectivity index (χ2v) is 13.5. The van der Waals surface area contributed by atoms with Gasteiger partial charge in [0.05, 0.1) is 11.2 Å². The highest BCUT2D eigenvalue weighted by Crippen LogP contribution is 2.39. The first kappa shape index (κ1) is 29.2. The van der Waals surface area contributed by atoms with E-state index >= 15 is 0 Å². The summed E-state index contributed by atoms with van der Waals surface area (Å²) in [7, 11) is 0. The molecule has 0 fully saturated rings. The predicted molar refractivity (Wildman–Crippen MR) is 206 cm³/mol. The number of hydrogen-bond donors (Lipinski definition) is 0. The van der Waals surface area contributed by atoms with Crippen LogP contribution in [0.4, 0.5) is 0 Å². The zero-order valence-electron chi connectivity index (χ0n) is 28.1. The van der Waals surface area contributed by atoms with E-state index in [0.717, 1.165) is 16.8 Å². The van der Waals surface area contributed by atoms with E-state index in [2.05, 4.69) is 163 Å². The van der Waals surface area contributed by atoms with Gasteiger partial charge in [-0.15, -0.1) is 0 Å². The fraction of sp³-hybridized carbons (Fsp3) is 0.133. The molecule has 0 bridgehead atoms. The lowest BCUT2D eigenvalue weighted by atomic mass is 9.34. The van der Waals surface area contributed by atoms with Gasteiger partial charge in [0, 0.05) is 27.1 Å². The van der Waals surface area contributed by atoms with Gasteiger partial charge in [0.25, 0.3) is 0 Å². The number of pyridine rings is 1. The summed E-state index contributed by atoms with van der Waals surface area (Å²) in [6.07, 6.45) is 0. The Balaban J connectivity index is 1.45. The van der Waals surface area contributed by atoms with E-state index in [4.69, 9.17) is 4.98 Å². The monoisotopic (exact) mass is 603 g/mol. The lowest BCUT2D eigenvalue weighted by Crippen LogP contribution is -2.55. The first-order chi connectivity index (χ1) is 22.8. The minimum Gasteiger partial charge on any atom is -0.246 e. The molecule has 0 saturated carbocycles. The molecule has 1 heterocycles. The van der Waals surface area contributed by atoms with Gasteiger partial charge in [-0.1, -0.05) is 171 Å². The highest BCUT2D eigenvalue weighted by Gasteiger charge is 2.29. The number of aryl methyl sites for hydroxylation is 6. The minimum atomic E-state index is 0.101. The third-order valence-corrected chi connectivity index (χ3v) is 10.1. The molecule has 0 saturated heterocycles. The first-order valence-electron chi connectivity index (χ1n) is 16.7. The summed E-state index contributed by atoms with van der Waals surface area (Å²) in [5.74, 6) is 0. The van der Waals surface area contributed by atoms with Crippen molar-refractivity contribution in [2.24, 2.45) is 0 Å². The summed E-state index contributed by atoms with van der Waals surface area (Å²) in [6, 6.07) is 45.0. The van der Waals surface area contributed by atoms with Crippen molar-refractivity contribution in [1.82, 2.24) is 4.98 Å². The Labute approximate surface area is 278 Å². The molecule has 0 amide bonds. The number of fused-ring (bicyclic) bond motifs is 7. The average Bonchev–Trinajstić information content (AvgIpc) is 3.06. The molecule has 1 nitrogen and oxygen atoms in total. The second kappa shape index (κ2) is 11.2. The normalized spacial score (nSPS) is 11.6. The summed E-state index contributed by atoms with van der Waals surface area (Å²) in [4.78, 5) is 5.55. The first-order valence-corrected chi connectivity index (χ1v) is 16.7. The molecule has 0 unspecified atom stereocenters. The summed E-state index contributed by atoms with van der Waals surface area (Å²) >= 11 is 0. The Morgan fingerprint density at radius 3 is 1.60 bits per heavy atom. The van der Waals surface area contributed by atoms with Crippen LogP contribution in [0.2, 0.25) is 0 Å². The van der Waals surface area contributed by atoms with Crippen LogP contribution in [0.3, 0.4) is 0 Å². The van der Waals surface area contributed by atoms with Crippen molar-refractivity contribution < 1.29 is 0 Å². The Hall–Kier alpha value is -5.21. The van der Waals surface area contributed by atoms with Crippen molar-refractivity contribution in [2.45, 2.75) is 41.5 Å². The van der Waals surface area contributed by atoms with Gasteiger partial charge in [0.2, 0.25) is 6.71 Å². The van der Waals surface area contributed by atoms with E-state index in [1.807, 2.05) is 0 Å². The molecule has 47 heavy (non-hydrogen) atoms. The van der Waals surface area contributed by atoms with Crippen LogP contribution in [0.15, 0.2) is 121 Å². The maximum atomic E-state index is 5.55. The highest BCUT2D eigenvalue weighted by atomic mass is 14.7. The number of nitrogens with zero attached hydrogens (tertiary/aromatic N) is 1. The molecular weight excluding hydrogens is 565 g/mol. The third-order valence-electron chi connectivity index (χ3n) is 10.1. The Morgan fingerprint density at radius 1 is 0.447 bits per heavy atom. The van der Waals surface area contributed by atoms with Crippen LogP contribution in [0.5, 0.6) is 0 Å². The molecule has 0 atom stereocenters. The number of aromatic nitrogens is 1. The van der Waals surface area contributed by atoms with Crippen molar-refractivity contribution in [3.05, 3.63) is 155 Å². The van der Waals surface area contributed by atoms with Crippen LogP contribution in [-0.4, -0.2) is 11.7 Å². The Morgan fingerprint density at radius 2 is 0.979 bits per heavy atom. The number of benzene rings is 7. The number of hydrogen-bond acceptors (Lipinski definition) is 1. The van der Waals surface area contributed by atoms with E-state index in [0.29, 0.717) is 0 Å². The maximum Gasteiger partial charge on any atom is 0.242 e. The van der Waals surface area contributed by atoms with Crippen molar-refractivity contribution in [3.8, 4) is 11.3 Å². The van der Waals surface area contributed by atoms with Gasteiger partial charge in [-0.25, -0.2) is 4.98 Å². The molecule has 226 valence electrons. The van der Waals surface area contributed by atoms with E-state index in [1.165, 1.54) is 87.5 Å². The van der Waals surface area contributed by atoms with Crippen molar-refractivity contribution in [1.29, 1.82) is 0 Å². The molecule has 2 heteroatoms. The molecule has 0 aliphatic carbocycles. The lowest BCUT2D eigenvalue weighted by molar-refractivity contribution is 1.34. The van der Waals surface area contributed by atoms with E-state index in [9.17, 15) is 0 Å². The molecular formula is C45H38BN. The van der Waals surface area contributed by atoms with Crippen molar-refractivity contribution in [2.75, 3.05) is 0 Å². The van der Waals surface area contributed by atoms with E-state index in [-0.39, 0.29) is 6.71 Å². The van der Waals surface area contributed by atoms with Crippen LogP contribution in [-0.2, 0) is 0 Å². The SMILES string of the molecule is Cc1cc(C)c(B(c2cccc(-c3nc4c5ccccc5ccc4c4c3ccc3ccccc34)c2)c2c(C)cc(C)cc2C)c(C)c1. The molecule has 7 aromatic carbocycles. The summed E-state index contributed by atoms with van der Waals surface area (Å²) in [6.45, 7) is 13.6. The van der Waals surface area contributed by atoms with Crippen molar-refractivity contribution >= 4 is 66.3 Å². The van der Waals surface area contributed by atoms with Gasteiger partial charge >= 0.3 is 0 Å². The lowest BCUT2D eigenvalue weighted by Gasteiger charge is -2.25. The third kappa shape index (κ3) is 4.83. The zero-order chi connectivity index (χ0) is 32.4. The fourth-order valence-corrected chi connectivity index (χ4v) is 8.36. The molecule has 8 rings (SSSR count). The molecule has 8 aromatic rings. The Kier molecular flexibility index (Phi) is 6.99.